The molecule has 0 amide bonds. The minimum atomic E-state index is -2.89. The Bertz CT molecular complexity index is 592. The van der Waals surface area contributed by atoms with Gasteiger partial charge in [0.25, 0.3) is 0 Å². The van der Waals surface area contributed by atoms with Crippen molar-refractivity contribution in [3.05, 3.63) is 21.9 Å². The molecule has 2 rings (SSSR count). The van der Waals surface area contributed by atoms with E-state index in [9.17, 15) is 8.42 Å². The maximum Gasteiger partial charge on any atom is 0.187 e. The van der Waals surface area contributed by atoms with Crippen LogP contribution in [0, 0.1) is 6.92 Å². The molecule has 0 radical (unpaired) electrons. The molecule has 8 heteroatoms. The molecule has 0 aliphatic carbocycles. The molecule has 1 unspecified atom stereocenters. The molecular formula is C11H15N3O2S3. The number of aryl methyl sites for hydroxylation is 1. The predicted molar refractivity (Wildman–Crippen MR) is 82.6 cm³/mol. The number of rotatable bonds is 3. The summed E-state index contributed by atoms with van der Waals surface area (Å²) in [6, 6.07) is 1.91. The first-order chi connectivity index (χ1) is 8.96. The fraction of sp³-hybridized carbons (Fsp3) is 0.455. The Morgan fingerprint density at radius 2 is 2.42 bits per heavy atom. The lowest BCUT2D eigenvalue weighted by Gasteiger charge is -2.11. The van der Waals surface area contributed by atoms with E-state index in [1.54, 1.807) is 17.6 Å². The van der Waals surface area contributed by atoms with E-state index in [2.05, 4.69) is 15.8 Å². The summed E-state index contributed by atoms with van der Waals surface area (Å²) in [7, 11) is -2.89. The molecule has 1 aromatic heterocycles. The van der Waals surface area contributed by atoms with Crippen LogP contribution >= 0.6 is 23.6 Å². The third-order valence-corrected chi connectivity index (χ3v) is 5.75. The highest BCUT2D eigenvalue weighted by Crippen LogP contribution is 2.12. The van der Waals surface area contributed by atoms with E-state index in [0.29, 0.717) is 11.5 Å². The second kappa shape index (κ2) is 5.98. The maximum absolute atomic E-state index is 11.3. The third-order valence-electron chi connectivity index (χ3n) is 2.82. The topological polar surface area (TPSA) is 70.6 Å². The summed E-state index contributed by atoms with van der Waals surface area (Å²) in [6.07, 6.45) is 2.30. The zero-order valence-electron chi connectivity index (χ0n) is 10.4. The number of hydrogen-bond donors (Lipinski definition) is 2. The van der Waals surface area contributed by atoms with Gasteiger partial charge in [0, 0.05) is 10.9 Å². The normalized spacial score (nSPS) is 21.6. The Labute approximate surface area is 122 Å². The number of hydrogen-bond acceptors (Lipinski definition) is 5. The Kier molecular flexibility index (Phi) is 4.54. The molecule has 0 bridgehead atoms. The fourth-order valence-electron chi connectivity index (χ4n) is 1.79. The van der Waals surface area contributed by atoms with E-state index in [1.165, 1.54) is 0 Å². The van der Waals surface area contributed by atoms with E-state index in [-0.39, 0.29) is 17.5 Å². The summed E-state index contributed by atoms with van der Waals surface area (Å²) in [5, 5.41) is 9.35. The highest BCUT2D eigenvalue weighted by molar-refractivity contribution is 7.91. The second-order valence-corrected chi connectivity index (χ2v) is 8.00. The van der Waals surface area contributed by atoms with Crippen LogP contribution in [0.2, 0.25) is 0 Å². The number of sulfone groups is 1. The molecule has 1 aliphatic rings. The minimum absolute atomic E-state index is 0.108. The molecule has 0 aromatic carbocycles. The standard InChI is InChI=1S/C11H15N3O2S3/c1-8-2-4-18-10(8)6-12-14-11(17)13-9-3-5-19(15,16)7-9/h2,4,6,9H,3,5,7H2,1H3,(H2,13,14,17)/b12-6+. The van der Waals surface area contributed by atoms with Crippen molar-refractivity contribution in [2.45, 2.75) is 19.4 Å². The second-order valence-electron chi connectivity index (χ2n) is 4.41. The van der Waals surface area contributed by atoms with Crippen molar-refractivity contribution in [2.24, 2.45) is 5.10 Å². The van der Waals surface area contributed by atoms with Gasteiger partial charge in [-0.25, -0.2) is 8.42 Å². The molecule has 2 heterocycles. The van der Waals surface area contributed by atoms with Gasteiger partial charge in [-0.2, -0.15) is 5.10 Å². The first kappa shape index (κ1) is 14.4. The summed E-state index contributed by atoms with van der Waals surface area (Å²) >= 11 is 6.67. The number of nitrogens with zero attached hydrogens (tertiary/aromatic N) is 1. The summed E-state index contributed by atoms with van der Waals surface area (Å²) in [6.45, 7) is 2.01. The lowest BCUT2D eigenvalue weighted by molar-refractivity contribution is 0.600. The van der Waals surface area contributed by atoms with Crippen LogP contribution in [0.15, 0.2) is 16.5 Å². The zero-order chi connectivity index (χ0) is 13.9. The Hall–Kier alpha value is -0.990. The molecule has 1 saturated heterocycles. The van der Waals surface area contributed by atoms with Crippen LogP contribution in [0.5, 0.6) is 0 Å². The van der Waals surface area contributed by atoms with Crippen LogP contribution in [-0.4, -0.2) is 37.3 Å². The lowest BCUT2D eigenvalue weighted by atomic mass is 10.3. The van der Waals surface area contributed by atoms with Crippen molar-refractivity contribution in [3.63, 3.8) is 0 Å². The van der Waals surface area contributed by atoms with Gasteiger partial charge in [0.2, 0.25) is 0 Å². The van der Waals surface area contributed by atoms with Crippen molar-refractivity contribution < 1.29 is 8.42 Å². The first-order valence-electron chi connectivity index (χ1n) is 5.80. The zero-order valence-corrected chi connectivity index (χ0v) is 12.9. The molecule has 0 saturated carbocycles. The van der Waals surface area contributed by atoms with Gasteiger partial charge in [0.15, 0.2) is 14.9 Å². The fourth-order valence-corrected chi connectivity index (χ4v) is 4.47. The van der Waals surface area contributed by atoms with E-state index in [1.807, 2.05) is 18.4 Å². The molecule has 2 N–H and O–H groups in total. The Morgan fingerprint density at radius 3 is 3.00 bits per heavy atom. The van der Waals surface area contributed by atoms with Crippen LogP contribution in [0.1, 0.15) is 16.9 Å². The Morgan fingerprint density at radius 1 is 1.63 bits per heavy atom. The summed E-state index contributed by atoms with van der Waals surface area (Å²) in [5.74, 6) is 0.369. The maximum atomic E-state index is 11.3. The summed E-state index contributed by atoms with van der Waals surface area (Å²) in [5.41, 5.74) is 3.87. The molecule has 19 heavy (non-hydrogen) atoms. The van der Waals surface area contributed by atoms with Crippen LogP contribution in [0.4, 0.5) is 0 Å². The van der Waals surface area contributed by atoms with Gasteiger partial charge in [0.05, 0.1) is 17.7 Å². The molecule has 5 nitrogen and oxygen atoms in total. The largest absolute Gasteiger partial charge is 0.358 e. The van der Waals surface area contributed by atoms with E-state index >= 15 is 0 Å². The monoisotopic (exact) mass is 317 g/mol. The average Bonchev–Trinajstić information content (AvgIpc) is 2.86. The molecule has 1 atom stereocenters. The van der Waals surface area contributed by atoms with Crippen molar-refractivity contribution in [1.29, 1.82) is 0 Å². The highest BCUT2D eigenvalue weighted by atomic mass is 32.2. The lowest BCUT2D eigenvalue weighted by Crippen LogP contribution is -2.40. The van der Waals surface area contributed by atoms with Crippen LogP contribution in [-0.2, 0) is 9.84 Å². The SMILES string of the molecule is Cc1ccsc1/C=N/NC(=S)NC1CCS(=O)(=O)C1. The van der Waals surface area contributed by atoms with Crippen molar-refractivity contribution in [1.82, 2.24) is 10.7 Å². The smallest absolute Gasteiger partial charge is 0.187 e. The summed E-state index contributed by atoms with van der Waals surface area (Å²) < 4.78 is 22.6. The van der Waals surface area contributed by atoms with Crippen molar-refractivity contribution >= 4 is 44.7 Å². The van der Waals surface area contributed by atoms with E-state index < -0.39 is 9.84 Å². The van der Waals surface area contributed by atoms with Crippen LogP contribution in [0.25, 0.3) is 0 Å². The van der Waals surface area contributed by atoms with Gasteiger partial charge >= 0.3 is 0 Å². The Balaban J connectivity index is 1.79. The van der Waals surface area contributed by atoms with Crippen LogP contribution < -0.4 is 10.7 Å². The van der Waals surface area contributed by atoms with Crippen LogP contribution in [0.3, 0.4) is 0 Å². The summed E-state index contributed by atoms with van der Waals surface area (Å²) in [4.78, 5) is 1.07. The van der Waals surface area contributed by atoms with Gasteiger partial charge < -0.3 is 5.32 Å². The van der Waals surface area contributed by atoms with E-state index in [0.717, 1.165) is 10.4 Å². The highest BCUT2D eigenvalue weighted by Gasteiger charge is 2.28. The van der Waals surface area contributed by atoms with Gasteiger partial charge in [-0.15, -0.1) is 11.3 Å². The van der Waals surface area contributed by atoms with Gasteiger partial charge in [-0.3, -0.25) is 5.43 Å². The number of thiophene rings is 1. The molecule has 1 fully saturated rings. The first-order valence-corrected chi connectivity index (χ1v) is 8.91. The minimum Gasteiger partial charge on any atom is -0.358 e. The number of thiocarbonyl (C=S) groups is 1. The van der Waals surface area contributed by atoms with E-state index in [4.69, 9.17) is 12.2 Å². The number of hydrazone groups is 1. The van der Waals surface area contributed by atoms with Gasteiger partial charge in [0.1, 0.15) is 0 Å². The molecule has 0 spiro atoms. The quantitative estimate of drug-likeness (QED) is 0.495. The molecular weight excluding hydrogens is 302 g/mol. The van der Waals surface area contributed by atoms with Crippen molar-refractivity contribution in [3.8, 4) is 0 Å². The average molecular weight is 317 g/mol. The molecule has 1 aromatic rings. The van der Waals surface area contributed by atoms with Gasteiger partial charge in [-0.05, 0) is 42.6 Å². The molecule has 104 valence electrons. The third kappa shape index (κ3) is 4.26. The molecule has 1 aliphatic heterocycles. The van der Waals surface area contributed by atoms with Gasteiger partial charge in [-0.1, -0.05) is 0 Å². The predicted octanol–water partition coefficient (Wildman–Crippen LogP) is 1.04. The van der Waals surface area contributed by atoms with Crippen molar-refractivity contribution in [2.75, 3.05) is 11.5 Å². The number of nitrogens with one attached hydrogen (secondary N) is 2.